The van der Waals surface area contributed by atoms with Gasteiger partial charge >= 0.3 is 6.09 Å². The predicted octanol–water partition coefficient (Wildman–Crippen LogP) is 4.82. The summed E-state index contributed by atoms with van der Waals surface area (Å²) in [6, 6.07) is 1.39. The third-order valence-corrected chi connectivity index (χ3v) is 6.46. The lowest BCUT2D eigenvalue weighted by atomic mass is 10.0. The van der Waals surface area contributed by atoms with Gasteiger partial charge in [0.15, 0.2) is 0 Å². The van der Waals surface area contributed by atoms with E-state index in [1.165, 1.54) is 32.1 Å². The van der Waals surface area contributed by atoms with E-state index in [0.29, 0.717) is 18.1 Å². The second-order valence-electron chi connectivity index (χ2n) is 8.85. The van der Waals surface area contributed by atoms with E-state index in [1.54, 1.807) is 0 Å². The fraction of sp³-hybridized carbons (Fsp3) is 0.950. The maximum atomic E-state index is 12.7. The van der Waals surface area contributed by atoms with Crippen molar-refractivity contribution in [2.75, 3.05) is 12.8 Å². The maximum Gasteiger partial charge on any atom is 0.410 e. The fourth-order valence-electron chi connectivity index (χ4n) is 4.17. The van der Waals surface area contributed by atoms with Gasteiger partial charge in [-0.05, 0) is 72.5 Å². The Kier molecular flexibility index (Phi) is 7.93. The second-order valence-corrected chi connectivity index (χ2v) is 9.99. The molecule has 5 heteroatoms. The summed E-state index contributed by atoms with van der Waals surface area (Å²) >= 11 is 2.00. The molecular formula is C20H38N2O2S. The lowest BCUT2D eigenvalue weighted by molar-refractivity contribution is 0.0149. The highest BCUT2D eigenvalue weighted by Gasteiger charge is 2.31. The van der Waals surface area contributed by atoms with Gasteiger partial charge in [0.05, 0.1) is 0 Å². The summed E-state index contributed by atoms with van der Waals surface area (Å²) in [7, 11) is 0. The van der Waals surface area contributed by atoms with E-state index in [1.807, 2.05) is 37.4 Å². The molecule has 146 valence electrons. The summed E-state index contributed by atoms with van der Waals surface area (Å²) in [4.78, 5) is 14.7. The van der Waals surface area contributed by atoms with Crippen LogP contribution in [0.15, 0.2) is 0 Å². The van der Waals surface area contributed by atoms with Crippen LogP contribution in [-0.4, -0.2) is 52.8 Å². The van der Waals surface area contributed by atoms with E-state index in [2.05, 4.69) is 18.5 Å². The van der Waals surface area contributed by atoms with Crippen molar-refractivity contribution in [2.45, 2.75) is 108 Å². The lowest BCUT2D eigenvalue weighted by Crippen LogP contribution is -2.46. The van der Waals surface area contributed by atoms with E-state index in [0.717, 1.165) is 31.1 Å². The molecule has 2 rings (SSSR count). The van der Waals surface area contributed by atoms with Crippen molar-refractivity contribution in [3.05, 3.63) is 0 Å². The van der Waals surface area contributed by atoms with Gasteiger partial charge in [0.2, 0.25) is 0 Å². The van der Waals surface area contributed by atoms with E-state index >= 15 is 0 Å². The predicted molar refractivity (Wildman–Crippen MR) is 107 cm³/mol. The Bertz CT molecular complexity index is 424. The van der Waals surface area contributed by atoms with Crippen LogP contribution in [0.1, 0.15) is 79.1 Å². The normalized spacial score (nSPS) is 29.3. The Morgan fingerprint density at radius 1 is 1.24 bits per heavy atom. The molecule has 4 nitrogen and oxygen atoms in total. The van der Waals surface area contributed by atoms with Gasteiger partial charge in [-0.1, -0.05) is 12.8 Å². The Morgan fingerprint density at radius 3 is 2.64 bits per heavy atom. The van der Waals surface area contributed by atoms with Crippen molar-refractivity contribution in [2.24, 2.45) is 0 Å². The maximum absolute atomic E-state index is 12.7. The first-order valence-electron chi connectivity index (χ1n) is 10.1. The van der Waals surface area contributed by atoms with Gasteiger partial charge in [0.1, 0.15) is 5.60 Å². The van der Waals surface area contributed by atoms with Gasteiger partial charge < -0.3 is 15.0 Å². The van der Waals surface area contributed by atoms with Crippen LogP contribution in [0.4, 0.5) is 4.79 Å². The molecule has 1 saturated heterocycles. The van der Waals surface area contributed by atoms with E-state index in [-0.39, 0.29) is 6.09 Å². The van der Waals surface area contributed by atoms with Crippen molar-refractivity contribution in [1.29, 1.82) is 0 Å². The van der Waals surface area contributed by atoms with Gasteiger partial charge in [-0.15, -0.1) is 0 Å². The third-order valence-electron chi connectivity index (χ3n) is 5.37. The molecule has 1 N–H and O–H groups in total. The van der Waals surface area contributed by atoms with Crippen LogP contribution < -0.4 is 5.32 Å². The van der Waals surface area contributed by atoms with Crippen LogP contribution in [0.2, 0.25) is 0 Å². The molecular weight excluding hydrogens is 332 g/mol. The van der Waals surface area contributed by atoms with Crippen LogP contribution in [0.25, 0.3) is 0 Å². The van der Waals surface area contributed by atoms with Crippen LogP contribution in [0.5, 0.6) is 0 Å². The monoisotopic (exact) mass is 370 g/mol. The molecule has 1 heterocycles. The number of nitrogens with one attached hydrogen (secondary N) is 1. The van der Waals surface area contributed by atoms with Gasteiger partial charge in [-0.2, -0.15) is 11.8 Å². The molecule has 1 amide bonds. The first kappa shape index (κ1) is 20.9. The number of thioether (sulfide) groups is 1. The number of likely N-dealkylation sites (tertiary alicyclic amines) is 1. The van der Waals surface area contributed by atoms with Crippen molar-refractivity contribution in [3.8, 4) is 0 Å². The smallest absolute Gasteiger partial charge is 0.410 e. The molecule has 2 aliphatic rings. The SMILES string of the molecule is CSC1CCC(NC(C)CC2CCCCCN2C(=O)OC(C)(C)C)C1. The molecule has 1 aliphatic heterocycles. The number of carbonyl (C=O) groups excluding carboxylic acids is 1. The number of hydrogen-bond acceptors (Lipinski definition) is 4. The average molecular weight is 371 g/mol. The topological polar surface area (TPSA) is 41.6 Å². The Balaban J connectivity index is 1.90. The molecule has 25 heavy (non-hydrogen) atoms. The van der Waals surface area contributed by atoms with Crippen molar-refractivity contribution >= 4 is 17.9 Å². The Morgan fingerprint density at radius 2 is 2.00 bits per heavy atom. The quantitative estimate of drug-likeness (QED) is 0.753. The number of carbonyl (C=O) groups is 1. The minimum atomic E-state index is -0.422. The van der Waals surface area contributed by atoms with Gasteiger partial charge in [-0.25, -0.2) is 4.79 Å². The third kappa shape index (κ3) is 7.01. The molecule has 1 aliphatic carbocycles. The molecule has 0 aromatic rings. The summed E-state index contributed by atoms with van der Waals surface area (Å²) in [6.07, 6.45) is 11.7. The molecule has 2 fully saturated rings. The molecule has 1 saturated carbocycles. The first-order chi connectivity index (χ1) is 11.8. The number of rotatable bonds is 5. The molecule has 0 aromatic heterocycles. The van der Waals surface area contributed by atoms with Crippen LogP contribution >= 0.6 is 11.8 Å². The zero-order chi connectivity index (χ0) is 18.4. The minimum absolute atomic E-state index is 0.130. The largest absolute Gasteiger partial charge is 0.444 e. The Hall–Kier alpha value is -0.420. The number of amides is 1. The summed E-state index contributed by atoms with van der Waals surface area (Å²) in [5, 5.41) is 4.65. The van der Waals surface area contributed by atoms with E-state index < -0.39 is 5.60 Å². The van der Waals surface area contributed by atoms with Crippen LogP contribution in [0, 0.1) is 0 Å². The molecule has 4 atom stereocenters. The van der Waals surface area contributed by atoms with Crippen LogP contribution in [-0.2, 0) is 4.74 Å². The summed E-state index contributed by atoms with van der Waals surface area (Å²) < 4.78 is 5.67. The molecule has 0 radical (unpaired) electrons. The van der Waals surface area contributed by atoms with E-state index in [4.69, 9.17) is 4.74 Å². The van der Waals surface area contributed by atoms with Crippen molar-refractivity contribution in [3.63, 3.8) is 0 Å². The molecule has 0 spiro atoms. The number of ether oxygens (including phenoxy) is 1. The van der Waals surface area contributed by atoms with E-state index in [9.17, 15) is 4.79 Å². The van der Waals surface area contributed by atoms with Crippen molar-refractivity contribution in [1.82, 2.24) is 10.2 Å². The zero-order valence-corrected chi connectivity index (χ0v) is 17.7. The van der Waals surface area contributed by atoms with Gasteiger partial charge in [-0.3, -0.25) is 0 Å². The zero-order valence-electron chi connectivity index (χ0n) is 16.8. The first-order valence-corrected chi connectivity index (χ1v) is 11.4. The molecule has 4 unspecified atom stereocenters. The second kappa shape index (κ2) is 9.50. The lowest BCUT2D eigenvalue weighted by Gasteiger charge is -2.34. The molecule has 0 bridgehead atoms. The average Bonchev–Trinajstić information content (AvgIpc) is 2.82. The summed E-state index contributed by atoms with van der Waals surface area (Å²) in [5.74, 6) is 0. The minimum Gasteiger partial charge on any atom is -0.444 e. The molecule has 0 aromatic carbocycles. The fourth-order valence-corrected chi connectivity index (χ4v) is 4.96. The highest BCUT2D eigenvalue weighted by molar-refractivity contribution is 7.99. The summed E-state index contributed by atoms with van der Waals surface area (Å²) in [5.41, 5.74) is -0.422. The van der Waals surface area contributed by atoms with Gasteiger partial charge in [0, 0.05) is 29.9 Å². The number of hydrogen-bond donors (Lipinski definition) is 1. The standard InChI is InChI=1S/C20H38N2O2S/c1-15(21-16-10-11-18(14-16)25-5)13-17-9-7-6-8-12-22(17)19(23)24-20(2,3)4/h15-18,21H,6-14H2,1-5H3. The van der Waals surface area contributed by atoms with Crippen LogP contribution in [0.3, 0.4) is 0 Å². The van der Waals surface area contributed by atoms with Gasteiger partial charge in [0.25, 0.3) is 0 Å². The highest BCUT2D eigenvalue weighted by atomic mass is 32.2. The van der Waals surface area contributed by atoms with Crippen molar-refractivity contribution < 1.29 is 9.53 Å². The number of nitrogens with zero attached hydrogens (tertiary/aromatic N) is 1. The summed E-state index contributed by atoms with van der Waals surface area (Å²) in [6.45, 7) is 8.97. The Labute approximate surface area is 158 Å². The highest BCUT2D eigenvalue weighted by Crippen LogP contribution is 2.29.